The van der Waals surface area contributed by atoms with Crippen LogP contribution in [0.4, 0.5) is 0 Å². The van der Waals surface area contributed by atoms with Crippen LogP contribution in [0.5, 0.6) is 0 Å². The number of H-pyrrole nitrogens is 1. The molecule has 1 aromatic rings. The van der Waals surface area contributed by atoms with Gasteiger partial charge in [0.2, 0.25) is 0 Å². The Kier molecular flexibility index (Phi) is 4.44. The molecule has 1 aromatic heterocycles. The average Bonchev–Trinajstić information content (AvgIpc) is 3.13. The molecule has 2 aliphatic heterocycles. The monoisotopic (exact) mass is 312 g/mol. The van der Waals surface area contributed by atoms with Crippen LogP contribution in [0, 0.1) is 6.92 Å². The summed E-state index contributed by atoms with van der Waals surface area (Å²) in [4.78, 5) is 25.6. The summed E-state index contributed by atoms with van der Waals surface area (Å²) in [6.45, 7) is 2.09. The standard InChI is InChI=1S/C14H20N2O6/c1-8-6-16(14(19)15-13(8)18)11-5-9(10(7-17)21-11)22-12-3-2-4-20-12/h6,9-12,17H,2-5,7H2,1H3,(H,15,18,19)/t9-,10+,11+,12?/m0/s1. The van der Waals surface area contributed by atoms with E-state index < -0.39 is 23.6 Å². The van der Waals surface area contributed by atoms with Crippen molar-refractivity contribution >= 4 is 0 Å². The molecule has 2 fully saturated rings. The van der Waals surface area contributed by atoms with Gasteiger partial charge in [-0.3, -0.25) is 14.3 Å². The van der Waals surface area contributed by atoms with Gasteiger partial charge in [-0.25, -0.2) is 4.79 Å². The summed E-state index contributed by atoms with van der Waals surface area (Å²) in [5.41, 5.74) is -0.521. The number of nitrogens with zero attached hydrogens (tertiary/aromatic N) is 1. The van der Waals surface area contributed by atoms with Gasteiger partial charge in [-0.1, -0.05) is 0 Å². The molecule has 0 aromatic carbocycles. The molecule has 0 radical (unpaired) electrons. The molecule has 0 bridgehead atoms. The van der Waals surface area contributed by atoms with Gasteiger partial charge in [-0.2, -0.15) is 0 Å². The van der Waals surface area contributed by atoms with Gasteiger partial charge in [-0.05, 0) is 13.3 Å². The lowest BCUT2D eigenvalue weighted by molar-refractivity contribution is -0.162. The Hall–Kier alpha value is -1.48. The SMILES string of the molecule is Cc1cn([C@H]2C[C@H](OC3CCCO3)[C@@H](CO)O2)c(=O)[nH]c1=O. The van der Waals surface area contributed by atoms with E-state index in [1.165, 1.54) is 10.8 Å². The van der Waals surface area contributed by atoms with Crippen molar-refractivity contribution < 1.29 is 19.3 Å². The number of aryl methyl sites for hydroxylation is 1. The molecule has 122 valence electrons. The predicted octanol–water partition coefficient (Wildman–Crippen LogP) is -0.353. The number of aliphatic hydroxyl groups is 1. The van der Waals surface area contributed by atoms with Crippen molar-refractivity contribution in [3.8, 4) is 0 Å². The minimum Gasteiger partial charge on any atom is -0.394 e. The Bertz CT molecular complexity index is 633. The van der Waals surface area contributed by atoms with Crippen molar-refractivity contribution in [2.24, 2.45) is 0 Å². The second-order valence-corrected chi connectivity index (χ2v) is 5.64. The van der Waals surface area contributed by atoms with Crippen molar-refractivity contribution in [1.29, 1.82) is 0 Å². The lowest BCUT2D eigenvalue weighted by Gasteiger charge is -2.20. The number of ether oxygens (including phenoxy) is 3. The van der Waals surface area contributed by atoms with Crippen LogP contribution in [0.2, 0.25) is 0 Å². The van der Waals surface area contributed by atoms with E-state index in [0.717, 1.165) is 12.8 Å². The first-order valence-corrected chi connectivity index (χ1v) is 7.44. The van der Waals surface area contributed by atoms with Crippen LogP contribution in [-0.4, -0.2) is 46.4 Å². The minimum atomic E-state index is -0.577. The van der Waals surface area contributed by atoms with Crippen LogP contribution in [0.25, 0.3) is 0 Å². The van der Waals surface area contributed by atoms with E-state index in [0.29, 0.717) is 18.6 Å². The average molecular weight is 312 g/mol. The van der Waals surface area contributed by atoms with Gasteiger partial charge in [0.05, 0.1) is 12.7 Å². The molecule has 0 saturated carbocycles. The number of rotatable bonds is 4. The smallest absolute Gasteiger partial charge is 0.330 e. The normalized spacial score (nSPS) is 31.7. The maximum atomic E-state index is 11.9. The first kappa shape index (κ1) is 15.4. The number of aliphatic hydroxyl groups excluding tert-OH is 1. The summed E-state index contributed by atoms with van der Waals surface area (Å²) in [6, 6.07) is 0. The summed E-state index contributed by atoms with van der Waals surface area (Å²) in [5.74, 6) is 0. The van der Waals surface area contributed by atoms with Crippen LogP contribution in [0.1, 0.15) is 31.1 Å². The maximum absolute atomic E-state index is 11.9. The lowest BCUT2D eigenvalue weighted by atomic mass is 10.2. The lowest BCUT2D eigenvalue weighted by Crippen LogP contribution is -2.33. The number of nitrogens with one attached hydrogen (secondary N) is 1. The highest BCUT2D eigenvalue weighted by atomic mass is 16.7. The van der Waals surface area contributed by atoms with Gasteiger partial charge in [0.15, 0.2) is 6.29 Å². The van der Waals surface area contributed by atoms with Crippen molar-refractivity contribution in [2.75, 3.05) is 13.2 Å². The Morgan fingerprint density at radius 3 is 3.00 bits per heavy atom. The molecule has 2 aliphatic rings. The number of aromatic nitrogens is 2. The fourth-order valence-electron chi connectivity index (χ4n) is 2.83. The molecule has 0 amide bonds. The molecule has 3 rings (SSSR count). The largest absolute Gasteiger partial charge is 0.394 e. The first-order valence-electron chi connectivity index (χ1n) is 7.44. The van der Waals surface area contributed by atoms with Gasteiger partial charge in [0, 0.05) is 31.2 Å². The number of hydrogen-bond donors (Lipinski definition) is 2. The Morgan fingerprint density at radius 1 is 1.50 bits per heavy atom. The molecular weight excluding hydrogens is 292 g/mol. The van der Waals surface area contributed by atoms with Crippen molar-refractivity contribution in [3.63, 3.8) is 0 Å². The Labute approximate surface area is 126 Å². The molecule has 1 unspecified atom stereocenters. The zero-order chi connectivity index (χ0) is 15.7. The van der Waals surface area contributed by atoms with Crippen LogP contribution >= 0.6 is 0 Å². The second kappa shape index (κ2) is 6.33. The molecule has 4 atom stereocenters. The second-order valence-electron chi connectivity index (χ2n) is 5.64. The van der Waals surface area contributed by atoms with Crippen molar-refractivity contribution in [1.82, 2.24) is 9.55 Å². The van der Waals surface area contributed by atoms with Gasteiger partial charge in [0.1, 0.15) is 12.3 Å². The van der Waals surface area contributed by atoms with E-state index in [-0.39, 0.29) is 19.0 Å². The minimum absolute atomic E-state index is 0.203. The third-order valence-electron chi connectivity index (χ3n) is 4.03. The van der Waals surface area contributed by atoms with Crippen LogP contribution in [0.15, 0.2) is 15.8 Å². The zero-order valence-electron chi connectivity index (χ0n) is 12.4. The van der Waals surface area contributed by atoms with E-state index in [2.05, 4.69) is 4.98 Å². The molecule has 8 nitrogen and oxygen atoms in total. The van der Waals surface area contributed by atoms with E-state index in [9.17, 15) is 14.7 Å². The van der Waals surface area contributed by atoms with Crippen LogP contribution in [0.3, 0.4) is 0 Å². The molecule has 0 spiro atoms. The van der Waals surface area contributed by atoms with Crippen LogP contribution in [-0.2, 0) is 14.2 Å². The van der Waals surface area contributed by atoms with Gasteiger partial charge in [0.25, 0.3) is 5.56 Å². The molecular formula is C14H20N2O6. The summed E-state index contributed by atoms with van der Waals surface area (Å²) >= 11 is 0. The molecule has 0 aliphatic carbocycles. The first-order chi connectivity index (χ1) is 10.6. The predicted molar refractivity (Wildman–Crippen MR) is 75.5 cm³/mol. The van der Waals surface area contributed by atoms with Gasteiger partial charge < -0.3 is 19.3 Å². The van der Waals surface area contributed by atoms with E-state index in [1.807, 2.05) is 0 Å². The molecule has 8 heteroatoms. The van der Waals surface area contributed by atoms with E-state index >= 15 is 0 Å². The summed E-state index contributed by atoms with van der Waals surface area (Å²) in [6.07, 6.45) is 1.92. The third kappa shape index (κ3) is 3.00. The highest BCUT2D eigenvalue weighted by Crippen LogP contribution is 2.31. The Morgan fingerprint density at radius 2 is 2.32 bits per heavy atom. The summed E-state index contributed by atoms with van der Waals surface area (Å²) < 4.78 is 18.3. The fraction of sp³-hybridized carbons (Fsp3) is 0.714. The number of aromatic amines is 1. The maximum Gasteiger partial charge on any atom is 0.330 e. The quantitative estimate of drug-likeness (QED) is 0.787. The summed E-state index contributed by atoms with van der Waals surface area (Å²) in [7, 11) is 0. The van der Waals surface area contributed by atoms with Gasteiger partial charge in [-0.15, -0.1) is 0 Å². The zero-order valence-corrected chi connectivity index (χ0v) is 12.4. The van der Waals surface area contributed by atoms with E-state index in [1.54, 1.807) is 6.92 Å². The van der Waals surface area contributed by atoms with Crippen molar-refractivity contribution in [3.05, 3.63) is 32.6 Å². The number of hydrogen-bond acceptors (Lipinski definition) is 6. The molecule has 2 N–H and O–H groups in total. The van der Waals surface area contributed by atoms with E-state index in [4.69, 9.17) is 14.2 Å². The fourth-order valence-corrected chi connectivity index (χ4v) is 2.83. The highest BCUT2D eigenvalue weighted by Gasteiger charge is 2.39. The summed E-state index contributed by atoms with van der Waals surface area (Å²) in [5, 5.41) is 9.45. The third-order valence-corrected chi connectivity index (χ3v) is 4.03. The van der Waals surface area contributed by atoms with Gasteiger partial charge >= 0.3 is 5.69 Å². The molecule has 2 saturated heterocycles. The van der Waals surface area contributed by atoms with Crippen molar-refractivity contribution in [2.45, 2.75) is 50.9 Å². The topological polar surface area (TPSA) is 103 Å². The molecule has 3 heterocycles. The molecule has 22 heavy (non-hydrogen) atoms. The highest BCUT2D eigenvalue weighted by molar-refractivity contribution is 5.02. The van der Waals surface area contributed by atoms with Crippen LogP contribution < -0.4 is 11.2 Å². The Balaban J connectivity index is 1.77.